The van der Waals surface area contributed by atoms with Crippen LogP contribution >= 0.6 is 31.9 Å². The second kappa shape index (κ2) is 8.05. The molecule has 0 aliphatic carbocycles. The molecule has 0 fully saturated rings. The van der Waals surface area contributed by atoms with Gasteiger partial charge in [-0.15, -0.1) is 0 Å². The van der Waals surface area contributed by atoms with E-state index in [0.29, 0.717) is 6.04 Å². The van der Waals surface area contributed by atoms with Gasteiger partial charge in [0.15, 0.2) is 0 Å². The molecule has 0 spiro atoms. The molecule has 0 radical (unpaired) electrons. The predicted octanol–water partition coefficient (Wildman–Crippen LogP) is 4.78. The van der Waals surface area contributed by atoms with E-state index in [4.69, 9.17) is 0 Å². The lowest BCUT2D eigenvalue weighted by molar-refractivity contribution is 0.0683. The number of aryl methyl sites for hydroxylation is 1. The maximum atomic E-state index is 12.6. The van der Waals surface area contributed by atoms with Gasteiger partial charge < -0.3 is 4.90 Å². The molecule has 1 aromatic carbocycles. The first kappa shape index (κ1) is 16.7. The summed E-state index contributed by atoms with van der Waals surface area (Å²) in [6.45, 7) is 7.03. The number of rotatable bonds is 6. The lowest BCUT2D eigenvalue weighted by Gasteiger charge is -2.30. The molecule has 4 heteroatoms. The van der Waals surface area contributed by atoms with Gasteiger partial charge in [0.2, 0.25) is 0 Å². The Morgan fingerprint density at radius 3 is 2.42 bits per heavy atom. The van der Waals surface area contributed by atoms with Crippen LogP contribution in [0.2, 0.25) is 0 Å². The number of hydrogen-bond acceptors (Lipinski definition) is 1. The minimum atomic E-state index is 0.128. The van der Waals surface area contributed by atoms with E-state index in [2.05, 4.69) is 45.7 Å². The third-order valence-corrected chi connectivity index (χ3v) is 4.62. The number of carbonyl (C=O) groups is 1. The molecule has 0 saturated carbocycles. The van der Waals surface area contributed by atoms with E-state index in [1.165, 1.54) is 0 Å². The largest absolute Gasteiger partial charge is 0.335 e. The molecule has 0 bridgehead atoms. The van der Waals surface area contributed by atoms with Crippen molar-refractivity contribution in [3.8, 4) is 0 Å². The van der Waals surface area contributed by atoms with Crippen LogP contribution in [0.4, 0.5) is 0 Å². The smallest absolute Gasteiger partial charge is 0.254 e. The van der Waals surface area contributed by atoms with Crippen molar-refractivity contribution in [2.45, 2.75) is 39.7 Å². The van der Waals surface area contributed by atoms with Crippen LogP contribution in [0.1, 0.15) is 42.6 Å². The highest BCUT2D eigenvalue weighted by Crippen LogP contribution is 2.20. The summed E-state index contributed by atoms with van der Waals surface area (Å²) in [7, 11) is 0. The van der Waals surface area contributed by atoms with Crippen molar-refractivity contribution in [3.63, 3.8) is 0 Å². The van der Waals surface area contributed by atoms with Crippen LogP contribution in [-0.2, 0) is 0 Å². The van der Waals surface area contributed by atoms with Crippen molar-refractivity contribution >= 4 is 37.8 Å². The highest BCUT2D eigenvalue weighted by Gasteiger charge is 2.21. The van der Waals surface area contributed by atoms with Gasteiger partial charge >= 0.3 is 0 Å². The first-order chi connectivity index (χ1) is 9.04. The van der Waals surface area contributed by atoms with Crippen molar-refractivity contribution in [2.75, 3.05) is 11.9 Å². The molecule has 2 nitrogen and oxygen atoms in total. The number of halogens is 2. The first-order valence-corrected chi connectivity index (χ1v) is 8.59. The lowest BCUT2D eigenvalue weighted by Crippen LogP contribution is -2.41. The average molecular weight is 391 g/mol. The third kappa shape index (κ3) is 4.32. The van der Waals surface area contributed by atoms with Gasteiger partial charge in [-0.25, -0.2) is 0 Å². The van der Waals surface area contributed by atoms with E-state index in [1.54, 1.807) is 0 Å². The Bertz CT molecular complexity index is 430. The van der Waals surface area contributed by atoms with Gasteiger partial charge in [-0.1, -0.05) is 45.7 Å². The summed E-state index contributed by atoms with van der Waals surface area (Å²) < 4.78 is 1.04. The number of carbonyl (C=O) groups excluding carboxylic acids is 1. The van der Waals surface area contributed by atoms with Crippen LogP contribution in [0.3, 0.4) is 0 Å². The Hall–Kier alpha value is -0.350. The molecule has 0 unspecified atom stereocenters. The van der Waals surface area contributed by atoms with Gasteiger partial charge in [-0.2, -0.15) is 0 Å². The van der Waals surface area contributed by atoms with E-state index >= 15 is 0 Å². The molecule has 0 saturated heterocycles. The van der Waals surface area contributed by atoms with Crippen LogP contribution in [0.15, 0.2) is 22.7 Å². The number of alkyl halides is 1. The minimum Gasteiger partial charge on any atom is -0.335 e. The Morgan fingerprint density at radius 1 is 1.32 bits per heavy atom. The second-order valence-corrected chi connectivity index (χ2v) is 6.27. The fourth-order valence-corrected chi connectivity index (χ4v) is 2.84. The SMILES string of the molecule is CCC(CC)N(CCBr)C(=O)c1ccc(Br)c(C)c1. The average Bonchev–Trinajstić information content (AvgIpc) is 2.41. The summed E-state index contributed by atoms with van der Waals surface area (Å²) in [5.74, 6) is 0.128. The normalized spacial score (nSPS) is 10.8. The summed E-state index contributed by atoms with van der Waals surface area (Å²) in [4.78, 5) is 14.6. The standard InChI is InChI=1S/C15H21Br2NO/c1-4-13(5-2)18(9-8-16)15(19)12-6-7-14(17)11(3)10-12/h6-7,10,13H,4-5,8-9H2,1-3H3. The van der Waals surface area contributed by atoms with E-state index in [1.807, 2.05) is 30.0 Å². The third-order valence-electron chi connectivity index (χ3n) is 3.37. The Morgan fingerprint density at radius 2 is 1.95 bits per heavy atom. The highest BCUT2D eigenvalue weighted by molar-refractivity contribution is 9.10. The fourth-order valence-electron chi connectivity index (χ4n) is 2.21. The molecule has 0 aliphatic rings. The van der Waals surface area contributed by atoms with Crippen molar-refractivity contribution in [3.05, 3.63) is 33.8 Å². The molecule has 1 aromatic rings. The molecule has 1 amide bonds. The van der Waals surface area contributed by atoms with Gasteiger partial charge in [0, 0.05) is 28.0 Å². The maximum Gasteiger partial charge on any atom is 0.254 e. The van der Waals surface area contributed by atoms with E-state index < -0.39 is 0 Å². The maximum absolute atomic E-state index is 12.6. The molecule has 0 aromatic heterocycles. The zero-order chi connectivity index (χ0) is 14.4. The van der Waals surface area contributed by atoms with Crippen LogP contribution in [-0.4, -0.2) is 28.7 Å². The molecule has 1 rings (SSSR count). The summed E-state index contributed by atoms with van der Waals surface area (Å²) in [5, 5.41) is 0.810. The first-order valence-electron chi connectivity index (χ1n) is 6.68. The van der Waals surface area contributed by atoms with Crippen molar-refractivity contribution in [1.82, 2.24) is 4.90 Å². The zero-order valence-corrected chi connectivity index (χ0v) is 14.9. The van der Waals surface area contributed by atoms with Gasteiger partial charge in [0.25, 0.3) is 5.91 Å². The predicted molar refractivity (Wildman–Crippen MR) is 88.1 cm³/mol. The lowest BCUT2D eigenvalue weighted by atomic mass is 10.1. The number of nitrogens with zero attached hydrogens (tertiary/aromatic N) is 1. The fraction of sp³-hybridized carbons (Fsp3) is 0.533. The van der Waals surface area contributed by atoms with Gasteiger partial charge in [0.1, 0.15) is 0 Å². The minimum absolute atomic E-state index is 0.128. The van der Waals surface area contributed by atoms with Crippen LogP contribution in [0, 0.1) is 6.92 Å². The summed E-state index contributed by atoms with van der Waals surface area (Å²) >= 11 is 6.91. The van der Waals surface area contributed by atoms with Gasteiger partial charge in [-0.05, 0) is 43.5 Å². The molecule has 0 atom stereocenters. The summed E-state index contributed by atoms with van der Waals surface area (Å²) in [6.07, 6.45) is 1.98. The van der Waals surface area contributed by atoms with E-state index in [9.17, 15) is 4.79 Å². The number of amides is 1. The quantitative estimate of drug-likeness (QED) is 0.639. The highest BCUT2D eigenvalue weighted by atomic mass is 79.9. The molecule has 0 heterocycles. The van der Waals surface area contributed by atoms with Crippen LogP contribution in [0.5, 0.6) is 0 Å². The Labute approximate surface area is 132 Å². The van der Waals surface area contributed by atoms with Crippen LogP contribution in [0.25, 0.3) is 0 Å². The topological polar surface area (TPSA) is 20.3 Å². The van der Waals surface area contributed by atoms with E-state index in [-0.39, 0.29) is 5.91 Å². The molecule has 106 valence electrons. The molecule has 19 heavy (non-hydrogen) atoms. The van der Waals surface area contributed by atoms with E-state index in [0.717, 1.165) is 40.3 Å². The van der Waals surface area contributed by atoms with Crippen molar-refractivity contribution in [1.29, 1.82) is 0 Å². The molecular formula is C15H21Br2NO. The Balaban J connectivity index is 3.01. The van der Waals surface area contributed by atoms with Crippen molar-refractivity contribution < 1.29 is 4.79 Å². The molecular weight excluding hydrogens is 370 g/mol. The van der Waals surface area contributed by atoms with Crippen LogP contribution < -0.4 is 0 Å². The van der Waals surface area contributed by atoms with Gasteiger partial charge in [0.05, 0.1) is 0 Å². The summed E-state index contributed by atoms with van der Waals surface area (Å²) in [6, 6.07) is 6.11. The van der Waals surface area contributed by atoms with Gasteiger partial charge in [-0.3, -0.25) is 4.79 Å². The number of benzene rings is 1. The monoisotopic (exact) mass is 389 g/mol. The Kier molecular flexibility index (Phi) is 7.08. The zero-order valence-electron chi connectivity index (χ0n) is 11.7. The second-order valence-electron chi connectivity index (χ2n) is 4.62. The number of hydrogen-bond donors (Lipinski definition) is 0. The summed E-state index contributed by atoms with van der Waals surface area (Å²) in [5.41, 5.74) is 1.86. The van der Waals surface area contributed by atoms with Crippen molar-refractivity contribution in [2.24, 2.45) is 0 Å². The molecule has 0 aliphatic heterocycles. The molecule has 0 N–H and O–H groups in total.